The Morgan fingerprint density at radius 1 is 1.00 bits per heavy atom. The minimum Gasteiger partial charge on any atom is -0.497 e. The summed E-state index contributed by atoms with van der Waals surface area (Å²) < 4.78 is 10.3. The van der Waals surface area contributed by atoms with E-state index in [1.165, 1.54) is 26.4 Å². The topological polar surface area (TPSA) is 96.9 Å². The molecule has 0 aliphatic carbocycles. The predicted molar refractivity (Wildman–Crippen MR) is 85.6 cm³/mol. The van der Waals surface area contributed by atoms with Gasteiger partial charge >= 0.3 is 12.0 Å². The molecule has 0 aliphatic rings. The van der Waals surface area contributed by atoms with E-state index in [-0.39, 0.29) is 5.56 Å². The molecular formula is C16H16N2O5. The SMILES string of the molecule is COc1ccc(NC(=O)Nc2cccc(C(=O)O)c2)c(OC)c1. The minimum absolute atomic E-state index is 0.0878. The van der Waals surface area contributed by atoms with Crippen LogP contribution < -0.4 is 20.1 Å². The van der Waals surface area contributed by atoms with Gasteiger partial charge in [0.05, 0.1) is 25.5 Å². The lowest BCUT2D eigenvalue weighted by Gasteiger charge is -2.12. The molecule has 2 amide bonds. The number of carbonyl (C=O) groups excluding carboxylic acids is 1. The predicted octanol–water partition coefficient (Wildman–Crippen LogP) is 3.05. The van der Waals surface area contributed by atoms with Gasteiger partial charge in [-0.2, -0.15) is 0 Å². The van der Waals surface area contributed by atoms with E-state index >= 15 is 0 Å². The highest BCUT2D eigenvalue weighted by molar-refractivity contribution is 6.01. The van der Waals surface area contributed by atoms with Gasteiger partial charge < -0.3 is 25.2 Å². The van der Waals surface area contributed by atoms with E-state index in [9.17, 15) is 9.59 Å². The summed E-state index contributed by atoms with van der Waals surface area (Å²) in [5.41, 5.74) is 0.917. The van der Waals surface area contributed by atoms with Crippen LogP contribution >= 0.6 is 0 Å². The number of carbonyl (C=O) groups is 2. The maximum Gasteiger partial charge on any atom is 0.335 e. The van der Waals surface area contributed by atoms with Gasteiger partial charge in [0.15, 0.2) is 0 Å². The van der Waals surface area contributed by atoms with E-state index in [1.54, 1.807) is 30.3 Å². The van der Waals surface area contributed by atoms with Crippen molar-refractivity contribution < 1.29 is 24.2 Å². The fraction of sp³-hybridized carbons (Fsp3) is 0.125. The average Bonchev–Trinajstić information content (AvgIpc) is 2.55. The van der Waals surface area contributed by atoms with Crippen LogP contribution in [0.2, 0.25) is 0 Å². The summed E-state index contributed by atoms with van der Waals surface area (Å²) >= 11 is 0. The Labute approximate surface area is 132 Å². The normalized spacial score (nSPS) is 9.83. The second-order valence-electron chi connectivity index (χ2n) is 4.53. The molecule has 0 saturated heterocycles. The highest BCUT2D eigenvalue weighted by atomic mass is 16.5. The number of amides is 2. The number of methoxy groups -OCH3 is 2. The van der Waals surface area contributed by atoms with Crippen LogP contribution in [-0.4, -0.2) is 31.3 Å². The van der Waals surface area contributed by atoms with Gasteiger partial charge in [-0.05, 0) is 30.3 Å². The third-order valence-corrected chi connectivity index (χ3v) is 3.02. The van der Waals surface area contributed by atoms with Gasteiger partial charge in [-0.1, -0.05) is 6.07 Å². The van der Waals surface area contributed by atoms with Crippen molar-refractivity contribution in [1.82, 2.24) is 0 Å². The zero-order chi connectivity index (χ0) is 16.8. The first kappa shape index (κ1) is 16.2. The van der Waals surface area contributed by atoms with Crippen molar-refractivity contribution in [2.24, 2.45) is 0 Å². The van der Waals surface area contributed by atoms with Crippen LogP contribution in [-0.2, 0) is 0 Å². The summed E-state index contributed by atoms with van der Waals surface area (Å²) in [6, 6.07) is 10.4. The number of anilines is 2. The lowest BCUT2D eigenvalue weighted by molar-refractivity contribution is 0.0697. The number of carboxylic acids is 1. The summed E-state index contributed by atoms with van der Waals surface area (Å²) in [7, 11) is 3.01. The Hall–Kier alpha value is -3.22. The quantitative estimate of drug-likeness (QED) is 0.787. The molecule has 3 N–H and O–H groups in total. The van der Waals surface area contributed by atoms with Gasteiger partial charge in [-0.25, -0.2) is 9.59 Å². The first-order valence-electron chi connectivity index (χ1n) is 6.67. The van der Waals surface area contributed by atoms with Gasteiger partial charge in [0, 0.05) is 11.8 Å². The molecule has 0 radical (unpaired) electrons. The van der Waals surface area contributed by atoms with Gasteiger partial charge in [0.1, 0.15) is 11.5 Å². The number of carboxylic acid groups (broad SMARTS) is 1. The van der Waals surface area contributed by atoms with E-state index in [1.807, 2.05) is 0 Å². The molecule has 0 spiro atoms. The molecule has 0 aromatic heterocycles. The third-order valence-electron chi connectivity index (χ3n) is 3.02. The Bertz CT molecular complexity index is 730. The smallest absolute Gasteiger partial charge is 0.335 e. The summed E-state index contributed by atoms with van der Waals surface area (Å²) in [6.45, 7) is 0. The Kier molecular flexibility index (Phi) is 5.03. The summed E-state index contributed by atoms with van der Waals surface area (Å²) in [5, 5.41) is 14.1. The molecule has 120 valence electrons. The molecule has 0 heterocycles. The van der Waals surface area contributed by atoms with Crippen molar-refractivity contribution in [1.29, 1.82) is 0 Å². The van der Waals surface area contributed by atoms with Crippen molar-refractivity contribution in [3.05, 3.63) is 48.0 Å². The zero-order valence-corrected chi connectivity index (χ0v) is 12.6. The molecule has 23 heavy (non-hydrogen) atoms. The van der Waals surface area contributed by atoms with Crippen molar-refractivity contribution in [2.75, 3.05) is 24.9 Å². The number of urea groups is 1. The van der Waals surface area contributed by atoms with Crippen molar-refractivity contribution in [3.8, 4) is 11.5 Å². The molecule has 2 aromatic carbocycles. The van der Waals surface area contributed by atoms with E-state index < -0.39 is 12.0 Å². The van der Waals surface area contributed by atoms with E-state index in [0.717, 1.165) is 0 Å². The molecule has 7 heteroatoms. The Morgan fingerprint density at radius 3 is 2.43 bits per heavy atom. The second kappa shape index (κ2) is 7.17. The number of hydrogen-bond acceptors (Lipinski definition) is 4. The highest BCUT2D eigenvalue weighted by Crippen LogP contribution is 2.29. The fourth-order valence-corrected chi connectivity index (χ4v) is 1.92. The summed E-state index contributed by atoms with van der Waals surface area (Å²) in [4.78, 5) is 22.9. The molecule has 0 atom stereocenters. The summed E-state index contributed by atoms with van der Waals surface area (Å²) in [6.07, 6.45) is 0. The molecular weight excluding hydrogens is 300 g/mol. The number of nitrogens with one attached hydrogen (secondary N) is 2. The van der Waals surface area contributed by atoms with Crippen molar-refractivity contribution in [3.63, 3.8) is 0 Å². The molecule has 7 nitrogen and oxygen atoms in total. The minimum atomic E-state index is -1.06. The highest BCUT2D eigenvalue weighted by Gasteiger charge is 2.10. The number of aromatic carboxylic acids is 1. The van der Waals surface area contributed by atoms with Crippen LogP contribution in [0, 0.1) is 0 Å². The molecule has 0 bridgehead atoms. The van der Waals surface area contributed by atoms with Crippen LogP contribution in [0.15, 0.2) is 42.5 Å². The number of rotatable bonds is 5. The van der Waals surface area contributed by atoms with Gasteiger partial charge in [-0.15, -0.1) is 0 Å². The van der Waals surface area contributed by atoms with Crippen LogP contribution in [0.4, 0.5) is 16.2 Å². The van der Waals surface area contributed by atoms with Crippen LogP contribution in [0.5, 0.6) is 11.5 Å². The monoisotopic (exact) mass is 316 g/mol. The first-order valence-corrected chi connectivity index (χ1v) is 6.67. The van der Waals surface area contributed by atoms with Crippen molar-refractivity contribution in [2.45, 2.75) is 0 Å². The van der Waals surface area contributed by atoms with Gasteiger partial charge in [-0.3, -0.25) is 0 Å². The van der Waals surface area contributed by atoms with E-state index in [0.29, 0.717) is 22.9 Å². The number of benzene rings is 2. The van der Waals surface area contributed by atoms with Crippen molar-refractivity contribution >= 4 is 23.4 Å². The lowest BCUT2D eigenvalue weighted by Crippen LogP contribution is -2.20. The fourth-order valence-electron chi connectivity index (χ4n) is 1.92. The van der Waals surface area contributed by atoms with Gasteiger partial charge in [0.2, 0.25) is 0 Å². The van der Waals surface area contributed by atoms with Crippen LogP contribution in [0.1, 0.15) is 10.4 Å². The maximum atomic E-state index is 12.0. The van der Waals surface area contributed by atoms with E-state index in [4.69, 9.17) is 14.6 Å². The number of ether oxygens (including phenoxy) is 2. The Morgan fingerprint density at radius 2 is 1.78 bits per heavy atom. The largest absolute Gasteiger partial charge is 0.497 e. The first-order chi connectivity index (χ1) is 11.0. The molecule has 0 fully saturated rings. The third kappa shape index (κ3) is 4.13. The molecule has 2 aromatic rings. The van der Waals surface area contributed by atoms with Crippen LogP contribution in [0.25, 0.3) is 0 Å². The molecule has 0 aliphatic heterocycles. The lowest BCUT2D eigenvalue weighted by atomic mass is 10.2. The summed E-state index contributed by atoms with van der Waals surface area (Å²) in [5.74, 6) is -0.0216. The molecule has 2 rings (SSSR count). The van der Waals surface area contributed by atoms with E-state index in [2.05, 4.69) is 10.6 Å². The Balaban J connectivity index is 2.10. The van der Waals surface area contributed by atoms with Crippen LogP contribution in [0.3, 0.4) is 0 Å². The second-order valence-corrected chi connectivity index (χ2v) is 4.53. The number of hydrogen-bond donors (Lipinski definition) is 3. The zero-order valence-electron chi connectivity index (χ0n) is 12.6. The molecule has 0 unspecified atom stereocenters. The molecule has 0 saturated carbocycles. The maximum absolute atomic E-state index is 12.0. The average molecular weight is 316 g/mol. The standard InChI is InChI=1S/C16H16N2O5/c1-22-12-6-7-13(14(9-12)23-2)18-16(21)17-11-5-3-4-10(8-11)15(19)20/h3-9H,1-2H3,(H,19,20)(H2,17,18,21). The van der Waals surface area contributed by atoms with Gasteiger partial charge in [0.25, 0.3) is 0 Å².